The highest BCUT2D eigenvalue weighted by Crippen LogP contribution is 2.44. The predicted octanol–water partition coefficient (Wildman–Crippen LogP) is 6.58. The molecule has 0 unspecified atom stereocenters. The molecular formula is C31H41N3O4. The van der Waals surface area contributed by atoms with Gasteiger partial charge in [0, 0.05) is 24.7 Å². The lowest BCUT2D eigenvalue weighted by molar-refractivity contribution is 0.0966. The van der Waals surface area contributed by atoms with E-state index in [9.17, 15) is 4.79 Å². The van der Waals surface area contributed by atoms with Gasteiger partial charge in [0.05, 0.1) is 18.8 Å². The summed E-state index contributed by atoms with van der Waals surface area (Å²) in [7, 11) is 2.13. The van der Waals surface area contributed by atoms with Crippen molar-refractivity contribution >= 4 is 5.91 Å². The standard InChI is InChI=1S/C31H41N3O4/c1-6-8-14-36-26-18-27(37-15-9-7-2)25(17-24(26)20(3)4)29-28(30(31(32)35)38-33-29)22-10-11-23-19-34(5)13-12-21(23)16-22/h10-11,16-18,20H,6-9,12-15,19H2,1-5H3,(H2,32,35). The summed E-state index contributed by atoms with van der Waals surface area (Å²) in [6.07, 6.45) is 4.93. The number of fused-ring (bicyclic) bond motifs is 1. The average Bonchev–Trinajstić information content (AvgIpc) is 3.34. The molecule has 0 saturated heterocycles. The van der Waals surface area contributed by atoms with E-state index in [0.717, 1.165) is 67.6 Å². The molecule has 1 aliphatic rings. The Bertz CT molecular complexity index is 1260. The molecule has 0 spiro atoms. The van der Waals surface area contributed by atoms with Gasteiger partial charge in [0.25, 0.3) is 5.91 Å². The van der Waals surface area contributed by atoms with Gasteiger partial charge < -0.3 is 24.6 Å². The van der Waals surface area contributed by atoms with Gasteiger partial charge >= 0.3 is 0 Å². The number of unbranched alkanes of at least 4 members (excludes halogenated alkanes) is 2. The van der Waals surface area contributed by atoms with E-state index in [1.807, 2.05) is 12.1 Å². The van der Waals surface area contributed by atoms with E-state index in [1.165, 1.54) is 11.1 Å². The van der Waals surface area contributed by atoms with Crippen molar-refractivity contribution in [2.45, 2.75) is 72.3 Å². The van der Waals surface area contributed by atoms with Crippen LogP contribution >= 0.6 is 0 Å². The minimum absolute atomic E-state index is 0.0572. The molecule has 3 aromatic rings. The molecule has 0 fully saturated rings. The normalized spacial score (nSPS) is 13.5. The summed E-state index contributed by atoms with van der Waals surface area (Å²) < 4.78 is 18.1. The number of amides is 1. The average molecular weight is 520 g/mol. The maximum absolute atomic E-state index is 12.5. The first-order chi connectivity index (χ1) is 18.3. The molecule has 7 heteroatoms. The second-order valence-electron chi connectivity index (χ2n) is 10.5. The molecule has 2 N–H and O–H groups in total. The van der Waals surface area contributed by atoms with E-state index >= 15 is 0 Å². The lowest BCUT2D eigenvalue weighted by Crippen LogP contribution is -2.26. The van der Waals surface area contributed by atoms with Crippen molar-refractivity contribution in [1.82, 2.24) is 10.1 Å². The lowest BCUT2D eigenvalue weighted by atomic mass is 9.91. The number of hydrogen-bond acceptors (Lipinski definition) is 6. The summed E-state index contributed by atoms with van der Waals surface area (Å²) in [5, 5.41) is 4.40. The summed E-state index contributed by atoms with van der Waals surface area (Å²) in [4.78, 5) is 14.8. The summed E-state index contributed by atoms with van der Waals surface area (Å²) in [6, 6.07) is 10.4. The van der Waals surface area contributed by atoms with Crippen LogP contribution in [0.5, 0.6) is 11.5 Å². The number of aromatic nitrogens is 1. The highest BCUT2D eigenvalue weighted by molar-refractivity contribution is 6.01. The van der Waals surface area contributed by atoms with Crippen LogP contribution in [0.4, 0.5) is 0 Å². The van der Waals surface area contributed by atoms with Crippen molar-refractivity contribution in [3.63, 3.8) is 0 Å². The Morgan fingerprint density at radius 3 is 2.42 bits per heavy atom. The molecule has 2 aromatic carbocycles. The van der Waals surface area contributed by atoms with Crippen LogP contribution in [-0.4, -0.2) is 42.8 Å². The Kier molecular flexibility index (Phi) is 9.10. The SMILES string of the molecule is CCCCOc1cc(OCCCC)c(C(C)C)cc1-c1noc(C(N)=O)c1-c1ccc2c(c1)CCN(C)C2. The molecule has 204 valence electrons. The summed E-state index contributed by atoms with van der Waals surface area (Å²) in [5.74, 6) is 1.11. The first-order valence-corrected chi connectivity index (χ1v) is 13.9. The Balaban J connectivity index is 1.87. The highest BCUT2D eigenvalue weighted by Gasteiger charge is 2.28. The van der Waals surface area contributed by atoms with E-state index < -0.39 is 5.91 Å². The molecule has 1 aliphatic heterocycles. The molecule has 0 bridgehead atoms. The van der Waals surface area contributed by atoms with Gasteiger partial charge in [0.1, 0.15) is 17.2 Å². The summed E-state index contributed by atoms with van der Waals surface area (Å²) in [6.45, 7) is 11.7. The molecule has 4 rings (SSSR count). The van der Waals surface area contributed by atoms with Crippen LogP contribution in [-0.2, 0) is 13.0 Å². The van der Waals surface area contributed by atoms with Gasteiger partial charge in [0.15, 0.2) is 0 Å². The summed E-state index contributed by atoms with van der Waals surface area (Å²) >= 11 is 0. The van der Waals surface area contributed by atoms with Crippen LogP contribution in [0.25, 0.3) is 22.4 Å². The molecule has 0 saturated carbocycles. The van der Waals surface area contributed by atoms with Crippen molar-refractivity contribution in [2.24, 2.45) is 5.73 Å². The van der Waals surface area contributed by atoms with Gasteiger partial charge in [-0.05, 0) is 60.5 Å². The number of primary amides is 1. The molecule has 1 amide bonds. The minimum Gasteiger partial charge on any atom is -0.493 e. The third kappa shape index (κ3) is 6.04. The molecule has 0 radical (unpaired) electrons. The Hall–Kier alpha value is -3.32. The van der Waals surface area contributed by atoms with E-state index in [-0.39, 0.29) is 11.7 Å². The zero-order valence-electron chi connectivity index (χ0n) is 23.4. The fraction of sp³-hybridized carbons (Fsp3) is 0.484. The Morgan fingerprint density at radius 1 is 1.05 bits per heavy atom. The third-order valence-corrected chi connectivity index (χ3v) is 7.11. The van der Waals surface area contributed by atoms with Crippen molar-refractivity contribution in [2.75, 3.05) is 26.8 Å². The zero-order valence-corrected chi connectivity index (χ0v) is 23.4. The first-order valence-electron chi connectivity index (χ1n) is 13.9. The topological polar surface area (TPSA) is 90.8 Å². The first kappa shape index (κ1) is 27.7. The number of carbonyl (C=O) groups excluding carboxylic acids is 1. The molecule has 38 heavy (non-hydrogen) atoms. The summed E-state index contributed by atoms with van der Waals surface area (Å²) in [5.41, 5.74) is 12.2. The molecule has 0 aliphatic carbocycles. The van der Waals surface area contributed by atoms with E-state index in [2.05, 4.69) is 63.0 Å². The fourth-order valence-corrected chi connectivity index (χ4v) is 4.87. The Morgan fingerprint density at radius 2 is 1.76 bits per heavy atom. The van der Waals surface area contributed by atoms with Crippen LogP contribution in [0.2, 0.25) is 0 Å². The van der Waals surface area contributed by atoms with Crippen LogP contribution in [0.1, 0.15) is 86.5 Å². The predicted molar refractivity (Wildman–Crippen MR) is 151 cm³/mol. The van der Waals surface area contributed by atoms with Crippen LogP contribution in [0, 0.1) is 0 Å². The number of nitrogens with zero attached hydrogens (tertiary/aromatic N) is 2. The number of rotatable bonds is 12. The largest absolute Gasteiger partial charge is 0.493 e. The van der Waals surface area contributed by atoms with Crippen LogP contribution in [0.15, 0.2) is 34.9 Å². The third-order valence-electron chi connectivity index (χ3n) is 7.11. The molecular weight excluding hydrogens is 478 g/mol. The number of carbonyl (C=O) groups is 1. The molecule has 7 nitrogen and oxygen atoms in total. The second-order valence-corrected chi connectivity index (χ2v) is 10.5. The lowest BCUT2D eigenvalue weighted by Gasteiger charge is -2.25. The zero-order chi connectivity index (χ0) is 27.2. The van der Waals surface area contributed by atoms with Crippen molar-refractivity contribution < 1.29 is 18.8 Å². The molecule has 1 aromatic heterocycles. The number of ether oxygens (including phenoxy) is 2. The van der Waals surface area contributed by atoms with E-state index in [1.54, 1.807) is 0 Å². The maximum Gasteiger partial charge on any atom is 0.288 e. The number of likely N-dealkylation sites (N-methyl/N-ethyl adjacent to an activating group) is 1. The number of hydrogen-bond donors (Lipinski definition) is 1. The van der Waals surface area contributed by atoms with Gasteiger partial charge in [-0.1, -0.05) is 63.9 Å². The van der Waals surface area contributed by atoms with Crippen LogP contribution in [0.3, 0.4) is 0 Å². The van der Waals surface area contributed by atoms with Gasteiger partial charge in [-0.25, -0.2) is 0 Å². The smallest absolute Gasteiger partial charge is 0.288 e. The maximum atomic E-state index is 12.5. The van der Waals surface area contributed by atoms with Crippen molar-refractivity contribution in [3.8, 4) is 33.9 Å². The van der Waals surface area contributed by atoms with Crippen molar-refractivity contribution in [3.05, 3.63) is 52.8 Å². The van der Waals surface area contributed by atoms with Gasteiger partial charge in [-0.15, -0.1) is 0 Å². The molecule has 2 heterocycles. The Labute approximate surface area is 226 Å². The molecule has 0 atom stereocenters. The fourth-order valence-electron chi connectivity index (χ4n) is 4.87. The van der Waals surface area contributed by atoms with Gasteiger partial charge in [-0.3, -0.25) is 4.79 Å². The van der Waals surface area contributed by atoms with E-state index in [0.29, 0.717) is 30.2 Å². The minimum atomic E-state index is -0.645. The van der Waals surface area contributed by atoms with Crippen molar-refractivity contribution in [1.29, 1.82) is 0 Å². The van der Waals surface area contributed by atoms with Crippen LogP contribution < -0.4 is 15.2 Å². The van der Waals surface area contributed by atoms with Gasteiger partial charge in [0.2, 0.25) is 5.76 Å². The number of benzene rings is 2. The quantitative estimate of drug-likeness (QED) is 0.272. The monoisotopic (exact) mass is 519 g/mol. The highest BCUT2D eigenvalue weighted by atomic mass is 16.5. The van der Waals surface area contributed by atoms with Gasteiger partial charge in [-0.2, -0.15) is 0 Å². The van der Waals surface area contributed by atoms with E-state index in [4.69, 9.17) is 19.7 Å². The second kappa shape index (κ2) is 12.5. The number of nitrogens with two attached hydrogens (primary N) is 1.